The van der Waals surface area contributed by atoms with Gasteiger partial charge in [0.05, 0.1) is 16.2 Å². The number of aromatic nitrogens is 5. The average molecular weight is 592 g/mol. The summed E-state index contributed by atoms with van der Waals surface area (Å²) >= 11 is 1.20. The van der Waals surface area contributed by atoms with Crippen LogP contribution in [-0.2, 0) is 7.05 Å². The van der Waals surface area contributed by atoms with Gasteiger partial charge in [-0.1, -0.05) is 13.8 Å². The van der Waals surface area contributed by atoms with Gasteiger partial charge < -0.3 is 9.64 Å². The molecular weight excluding hydrogens is 555 g/mol. The Bertz CT molecular complexity index is 1430. The molecule has 1 unspecified atom stereocenters. The Morgan fingerprint density at radius 3 is 2.54 bits per heavy atom. The molecule has 13 heteroatoms. The van der Waals surface area contributed by atoms with Crippen LogP contribution in [-0.4, -0.2) is 55.3 Å². The van der Waals surface area contributed by atoms with Crippen LogP contribution in [0.5, 0.6) is 5.88 Å². The van der Waals surface area contributed by atoms with Crippen molar-refractivity contribution in [3.8, 4) is 11.7 Å². The van der Waals surface area contributed by atoms with E-state index >= 15 is 0 Å². The summed E-state index contributed by atoms with van der Waals surface area (Å²) in [4.78, 5) is 21.4. The Morgan fingerprint density at radius 2 is 1.90 bits per heavy atom. The molecular formula is C28H36F3N7O2S. The van der Waals surface area contributed by atoms with Crippen LogP contribution in [0.4, 0.5) is 19.0 Å². The Kier molecular flexibility index (Phi) is 7.54. The van der Waals surface area contributed by atoms with E-state index < -0.39 is 18.2 Å². The molecule has 1 aliphatic heterocycles. The maximum Gasteiger partial charge on any atom is 0.397 e. The molecule has 41 heavy (non-hydrogen) atoms. The lowest BCUT2D eigenvalue weighted by Crippen LogP contribution is -2.53. The third-order valence-corrected chi connectivity index (χ3v) is 9.24. The maximum atomic E-state index is 13.5. The summed E-state index contributed by atoms with van der Waals surface area (Å²) in [6.45, 7) is 10.9. The van der Waals surface area contributed by atoms with E-state index in [9.17, 15) is 18.0 Å². The molecule has 0 bridgehead atoms. The van der Waals surface area contributed by atoms with Gasteiger partial charge in [-0.3, -0.25) is 14.2 Å². The molecule has 1 saturated carbocycles. The zero-order valence-corrected chi connectivity index (χ0v) is 24.9. The second kappa shape index (κ2) is 10.6. The molecule has 1 N–H and O–H groups in total. The highest BCUT2D eigenvalue weighted by molar-refractivity contribution is 7.98. The first-order chi connectivity index (χ1) is 19.2. The standard InChI is InChI=1S/C28H36F3N7O2S/c1-17-13-26(4,5)37(14-18(17)2)24-20(25(39)35-41-21-15-36(6)33-19(21)3)7-8-22(32-24)38-12-9-23(34-38)40-16-27(10-11-27)28(29,30)31/h7-9,12,15,17-18H,10-11,13-14,16H2,1-6H3,(H,35,39)/t17-,18?/m0/s1. The van der Waals surface area contributed by atoms with Crippen LogP contribution in [0.1, 0.15) is 63.0 Å². The van der Waals surface area contributed by atoms with E-state index in [1.165, 1.54) is 22.7 Å². The van der Waals surface area contributed by atoms with E-state index in [1.807, 2.05) is 20.2 Å². The third kappa shape index (κ3) is 5.91. The molecule has 3 aromatic heterocycles. The minimum Gasteiger partial charge on any atom is -0.476 e. The maximum absolute atomic E-state index is 13.5. The summed E-state index contributed by atoms with van der Waals surface area (Å²) in [5.41, 5.74) is -0.820. The molecule has 2 fully saturated rings. The topological polar surface area (TPSA) is 90.1 Å². The van der Waals surface area contributed by atoms with Crippen LogP contribution in [0.2, 0.25) is 0 Å². The predicted octanol–water partition coefficient (Wildman–Crippen LogP) is 5.73. The minimum atomic E-state index is -4.30. The largest absolute Gasteiger partial charge is 0.476 e. The number of halogens is 3. The van der Waals surface area contributed by atoms with Gasteiger partial charge in [0.25, 0.3) is 5.91 Å². The average Bonchev–Trinajstić information content (AvgIpc) is 3.44. The van der Waals surface area contributed by atoms with Crippen molar-refractivity contribution in [1.82, 2.24) is 29.3 Å². The number of hydrogen-bond donors (Lipinski definition) is 1. The number of carbonyl (C=O) groups is 1. The fraction of sp³-hybridized carbons (Fsp3) is 0.571. The highest BCUT2D eigenvalue weighted by Crippen LogP contribution is 2.57. The van der Waals surface area contributed by atoms with E-state index in [-0.39, 0.29) is 30.2 Å². The third-order valence-electron chi connectivity index (χ3n) is 8.33. The molecule has 1 amide bonds. The number of aryl methyl sites for hydroxylation is 2. The van der Waals surface area contributed by atoms with Gasteiger partial charge in [-0.25, -0.2) is 9.67 Å². The Morgan fingerprint density at radius 1 is 1.17 bits per heavy atom. The second-order valence-electron chi connectivity index (χ2n) is 12.1. The monoisotopic (exact) mass is 591 g/mol. The zero-order chi connectivity index (χ0) is 29.7. The molecule has 3 aromatic rings. The van der Waals surface area contributed by atoms with Crippen LogP contribution in [0.15, 0.2) is 35.5 Å². The molecule has 1 aliphatic carbocycles. The number of pyridine rings is 1. The lowest BCUT2D eigenvalue weighted by molar-refractivity contribution is -0.194. The highest BCUT2D eigenvalue weighted by Gasteiger charge is 2.64. The fourth-order valence-electron chi connectivity index (χ4n) is 5.36. The van der Waals surface area contributed by atoms with Crippen LogP contribution in [0.25, 0.3) is 5.82 Å². The van der Waals surface area contributed by atoms with Crippen molar-refractivity contribution in [3.63, 3.8) is 0 Å². The molecule has 2 atom stereocenters. The predicted molar refractivity (Wildman–Crippen MR) is 150 cm³/mol. The lowest BCUT2D eigenvalue weighted by atomic mass is 9.78. The van der Waals surface area contributed by atoms with Crippen molar-refractivity contribution in [1.29, 1.82) is 0 Å². The number of carbonyl (C=O) groups excluding carboxylic acids is 1. The number of rotatable bonds is 8. The van der Waals surface area contributed by atoms with Crippen molar-refractivity contribution in [2.24, 2.45) is 24.3 Å². The van der Waals surface area contributed by atoms with Gasteiger partial charge in [-0.2, -0.15) is 18.3 Å². The Balaban J connectivity index is 1.43. The second-order valence-corrected chi connectivity index (χ2v) is 12.9. The molecule has 0 aromatic carbocycles. The quantitative estimate of drug-likeness (QED) is 0.335. The Labute approximate surface area is 242 Å². The van der Waals surface area contributed by atoms with E-state index in [4.69, 9.17) is 9.72 Å². The highest BCUT2D eigenvalue weighted by atomic mass is 32.2. The van der Waals surface area contributed by atoms with E-state index in [2.05, 4.69) is 47.5 Å². The summed E-state index contributed by atoms with van der Waals surface area (Å²) in [5, 5.41) is 8.66. The van der Waals surface area contributed by atoms with Gasteiger partial charge in [0.1, 0.15) is 17.8 Å². The van der Waals surface area contributed by atoms with Gasteiger partial charge >= 0.3 is 6.18 Å². The van der Waals surface area contributed by atoms with Gasteiger partial charge in [0, 0.05) is 37.6 Å². The van der Waals surface area contributed by atoms with E-state index in [0.717, 1.165) is 17.0 Å². The number of piperidine rings is 1. The number of nitrogens with one attached hydrogen (secondary N) is 1. The first-order valence-corrected chi connectivity index (χ1v) is 14.5. The van der Waals surface area contributed by atoms with Gasteiger partial charge in [-0.05, 0) is 76.0 Å². The van der Waals surface area contributed by atoms with Crippen LogP contribution in [0.3, 0.4) is 0 Å². The fourth-order valence-corrected chi connectivity index (χ4v) is 6.06. The smallest absolute Gasteiger partial charge is 0.397 e. The summed E-state index contributed by atoms with van der Waals surface area (Å²) in [6.07, 6.45) is 0.190. The molecule has 5 rings (SSSR count). The SMILES string of the molecule is Cc1nn(C)cc1SNC(=O)c1ccc(-n2ccc(OCC3(C(F)(F)F)CC3)n2)nc1N1CC(C)[C@@H](C)CC1(C)C. The number of amides is 1. The number of ether oxygens (including phenoxy) is 1. The number of anilines is 1. The van der Waals surface area contributed by atoms with Crippen molar-refractivity contribution in [2.75, 3.05) is 18.1 Å². The summed E-state index contributed by atoms with van der Waals surface area (Å²) < 4.78 is 51.5. The zero-order valence-electron chi connectivity index (χ0n) is 24.1. The number of alkyl halides is 3. The molecule has 0 radical (unpaired) electrons. The first kappa shape index (κ1) is 29.3. The molecule has 2 aliphatic rings. The van der Waals surface area contributed by atoms with Crippen LogP contribution >= 0.6 is 11.9 Å². The first-order valence-electron chi connectivity index (χ1n) is 13.7. The summed E-state index contributed by atoms with van der Waals surface area (Å²) in [6, 6.07) is 4.92. The number of hydrogen-bond acceptors (Lipinski definition) is 7. The molecule has 222 valence electrons. The number of nitrogens with zero attached hydrogens (tertiary/aromatic N) is 6. The lowest BCUT2D eigenvalue weighted by Gasteiger charge is -2.49. The molecule has 9 nitrogen and oxygen atoms in total. The molecule has 0 spiro atoms. The van der Waals surface area contributed by atoms with Crippen LogP contribution < -0.4 is 14.4 Å². The normalized spacial score (nSPS) is 21.5. The minimum absolute atomic E-state index is 0.0624. The van der Waals surface area contributed by atoms with Crippen molar-refractivity contribution < 1.29 is 22.7 Å². The summed E-state index contributed by atoms with van der Waals surface area (Å²) in [5.74, 6) is 1.64. The van der Waals surface area contributed by atoms with Crippen molar-refractivity contribution >= 4 is 23.7 Å². The molecule has 4 heterocycles. The van der Waals surface area contributed by atoms with Crippen molar-refractivity contribution in [3.05, 3.63) is 41.9 Å². The van der Waals surface area contributed by atoms with E-state index in [1.54, 1.807) is 23.0 Å². The summed E-state index contributed by atoms with van der Waals surface area (Å²) in [7, 11) is 1.83. The van der Waals surface area contributed by atoms with Gasteiger partial charge in [-0.15, -0.1) is 5.10 Å². The van der Waals surface area contributed by atoms with Gasteiger partial charge in [0.15, 0.2) is 5.82 Å². The Hall–Kier alpha value is -3.22. The van der Waals surface area contributed by atoms with Crippen LogP contribution in [0, 0.1) is 24.2 Å². The van der Waals surface area contributed by atoms with Gasteiger partial charge in [0.2, 0.25) is 5.88 Å². The molecule has 1 saturated heterocycles. The van der Waals surface area contributed by atoms with E-state index in [0.29, 0.717) is 35.6 Å². The van der Waals surface area contributed by atoms with Crippen molar-refractivity contribution in [2.45, 2.75) is 70.5 Å².